The summed E-state index contributed by atoms with van der Waals surface area (Å²) in [4.78, 5) is 19.5. The molecule has 0 bridgehead atoms. The summed E-state index contributed by atoms with van der Waals surface area (Å²) < 4.78 is 7.95. The average molecular weight is 436 g/mol. The molecule has 0 spiro atoms. The zero-order chi connectivity index (χ0) is 23.0. The van der Waals surface area contributed by atoms with E-state index in [4.69, 9.17) is 9.72 Å². The summed E-state index contributed by atoms with van der Waals surface area (Å²) in [7, 11) is 0. The maximum absolute atomic E-state index is 12.7. The van der Waals surface area contributed by atoms with Gasteiger partial charge in [-0.1, -0.05) is 18.2 Å². The smallest absolute Gasteiger partial charge is 0.223 e. The average Bonchev–Trinajstić information content (AvgIpc) is 3.26. The first-order valence-electron chi connectivity index (χ1n) is 11.3. The van der Waals surface area contributed by atoms with E-state index >= 15 is 0 Å². The van der Waals surface area contributed by atoms with Gasteiger partial charge in [0.05, 0.1) is 17.6 Å². The van der Waals surface area contributed by atoms with E-state index < -0.39 is 6.10 Å². The van der Waals surface area contributed by atoms with Gasteiger partial charge in [-0.2, -0.15) is 0 Å². The summed E-state index contributed by atoms with van der Waals surface area (Å²) >= 11 is 0. The number of rotatable bonds is 6. The van der Waals surface area contributed by atoms with Gasteiger partial charge >= 0.3 is 0 Å². The topological polar surface area (TPSA) is 67.6 Å². The molecular formula is C26H33N3O3. The highest BCUT2D eigenvalue weighted by molar-refractivity contribution is 5.81. The number of ether oxygens (including phenoxy) is 1. The number of benzene rings is 2. The van der Waals surface area contributed by atoms with E-state index in [9.17, 15) is 9.90 Å². The largest absolute Gasteiger partial charge is 0.491 e. The molecule has 2 atom stereocenters. The molecule has 6 heteroatoms. The number of aryl methyl sites for hydroxylation is 2. The minimum absolute atomic E-state index is 0.00154. The van der Waals surface area contributed by atoms with Crippen LogP contribution in [0.25, 0.3) is 11.0 Å². The number of fused-ring (bicyclic) bond motifs is 1. The Morgan fingerprint density at radius 1 is 1.16 bits per heavy atom. The Balaban J connectivity index is 1.56. The van der Waals surface area contributed by atoms with E-state index in [1.807, 2.05) is 55.1 Å². The summed E-state index contributed by atoms with van der Waals surface area (Å²) in [5.41, 5.74) is 3.89. The number of carbonyl (C=O) groups is 1. The fourth-order valence-corrected chi connectivity index (χ4v) is 4.60. The van der Waals surface area contributed by atoms with E-state index in [2.05, 4.69) is 31.4 Å². The van der Waals surface area contributed by atoms with Crippen LogP contribution in [-0.4, -0.2) is 50.3 Å². The lowest BCUT2D eigenvalue weighted by Crippen LogP contribution is -2.42. The van der Waals surface area contributed by atoms with Gasteiger partial charge in [-0.3, -0.25) is 4.79 Å². The van der Waals surface area contributed by atoms with Crippen LogP contribution in [0.2, 0.25) is 0 Å². The van der Waals surface area contributed by atoms with Crippen molar-refractivity contribution in [1.82, 2.24) is 14.5 Å². The number of hydrogen-bond acceptors (Lipinski definition) is 4. The molecule has 1 saturated heterocycles. The van der Waals surface area contributed by atoms with Crippen LogP contribution in [0.15, 0.2) is 42.5 Å². The quantitative estimate of drug-likeness (QED) is 0.630. The lowest BCUT2D eigenvalue weighted by atomic mass is 10.1. The first-order valence-corrected chi connectivity index (χ1v) is 11.3. The molecule has 1 aliphatic heterocycles. The Bertz CT molecular complexity index is 1110. The lowest BCUT2D eigenvalue weighted by molar-refractivity contribution is -0.131. The van der Waals surface area contributed by atoms with Crippen LogP contribution in [0.5, 0.6) is 5.75 Å². The Morgan fingerprint density at radius 2 is 1.84 bits per heavy atom. The van der Waals surface area contributed by atoms with Gasteiger partial charge in [-0.05, 0) is 70.0 Å². The van der Waals surface area contributed by atoms with Crippen molar-refractivity contribution < 1.29 is 14.6 Å². The Labute approximate surface area is 189 Å². The highest BCUT2D eigenvalue weighted by Crippen LogP contribution is 2.34. The molecule has 3 aromatic rings. The van der Waals surface area contributed by atoms with Crippen LogP contribution < -0.4 is 4.74 Å². The predicted octanol–water partition coefficient (Wildman–Crippen LogP) is 4.21. The number of hydrogen-bond donors (Lipinski definition) is 1. The van der Waals surface area contributed by atoms with Gasteiger partial charge in [-0.25, -0.2) is 4.98 Å². The normalized spacial score (nSPS) is 17.9. The van der Waals surface area contributed by atoms with E-state index in [0.717, 1.165) is 33.7 Å². The van der Waals surface area contributed by atoms with Crippen LogP contribution in [0.1, 0.15) is 50.1 Å². The minimum Gasteiger partial charge on any atom is -0.491 e. The molecule has 0 saturated carbocycles. The number of aliphatic hydroxyl groups excluding tert-OH is 1. The van der Waals surface area contributed by atoms with E-state index in [1.54, 1.807) is 0 Å². The van der Waals surface area contributed by atoms with Crippen molar-refractivity contribution in [2.45, 2.75) is 65.1 Å². The summed E-state index contributed by atoms with van der Waals surface area (Å²) in [6.07, 6.45) is -0.265. The number of aromatic nitrogens is 2. The van der Waals surface area contributed by atoms with Crippen molar-refractivity contribution in [2.24, 2.45) is 0 Å². The monoisotopic (exact) mass is 435 g/mol. The van der Waals surface area contributed by atoms with Crippen LogP contribution in [0, 0.1) is 13.8 Å². The number of amides is 1. The van der Waals surface area contributed by atoms with Gasteiger partial charge < -0.3 is 19.3 Å². The first kappa shape index (κ1) is 22.3. The minimum atomic E-state index is -0.706. The summed E-state index contributed by atoms with van der Waals surface area (Å²) in [5, 5.41) is 10.8. The highest BCUT2D eigenvalue weighted by atomic mass is 16.5. The predicted molar refractivity (Wildman–Crippen MR) is 126 cm³/mol. The Kier molecular flexibility index (Phi) is 5.99. The van der Waals surface area contributed by atoms with Crippen LogP contribution in [0.3, 0.4) is 0 Å². The number of imidazole rings is 1. The zero-order valence-electron chi connectivity index (χ0n) is 19.6. The lowest BCUT2D eigenvalue weighted by Gasteiger charge is -2.32. The maximum Gasteiger partial charge on any atom is 0.223 e. The van der Waals surface area contributed by atoms with Gasteiger partial charge in [0.2, 0.25) is 5.91 Å². The SMILES string of the molecule is Cc1cc(C)cc(OC[C@H](O)Cn2c([C@@H]3CC(=O)N(C(C)(C)C)C3)nc3ccccc32)c1. The van der Waals surface area contributed by atoms with Gasteiger partial charge in [-0.15, -0.1) is 0 Å². The van der Waals surface area contributed by atoms with Crippen molar-refractivity contribution in [2.75, 3.05) is 13.2 Å². The van der Waals surface area contributed by atoms with Crippen LogP contribution in [0.4, 0.5) is 0 Å². The molecule has 1 aliphatic rings. The fourth-order valence-electron chi connectivity index (χ4n) is 4.60. The molecule has 1 N–H and O–H groups in total. The van der Waals surface area contributed by atoms with Crippen molar-refractivity contribution in [1.29, 1.82) is 0 Å². The van der Waals surface area contributed by atoms with Crippen molar-refractivity contribution >= 4 is 16.9 Å². The third-order valence-corrected chi connectivity index (χ3v) is 6.01. The number of likely N-dealkylation sites (tertiary alicyclic amines) is 1. The van der Waals surface area contributed by atoms with Crippen molar-refractivity contribution in [3.05, 3.63) is 59.4 Å². The third-order valence-electron chi connectivity index (χ3n) is 6.01. The molecule has 0 radical (unpaired) electrons. The Hall–Kier alpha value is -2.86. The second kappa shape index (κ2) is 8.58. The number of para-hydroxylation sites is 2. The van der Waals surface area contributed by atoms with E-state index in [1.165, 1.54) is 0 Å². The van der Waals surface area contributed by atoms with E-state index in [-0.39, 0.29) is 24.0 Å². The maximum atomic E-state index is 12.7. The van der Waals surface area contributed by atoms with Crippen molar-refractivity contribution in [3.63, 3.8) is 0 Å². The Morgan fingerprint density at radius 3 is 2.50 bits per heavy atom. The molecule has 2 heterocycles. The molecule has 1 amide bonds. The first-order chi connectivity index (χ1) is 15.1. The van der Waals surface area contributed by atoms with E-state index in [0.29, 0.717) is 19.5 Å². The van der Waals surface area contributed by atoms with Gasteiger partial charge in [0, 0.05) is 24.4 Å². The molecule has 1 aromatic heterocycles. The molecule has 0 aliphatic carbocycles. The van der Waals surface area contributed by atoms with Gasteiger partial charge in [0.15, 0.2) is 0 Å². The molecule has 170 valence electrons. The van der Waals surface area contributed by atoms with Gasteiger partial charge in [0.25, 0.3) is 0 Å². The fraction of sp³-hybridized carbons (Fsp3) is 0.462. The molecule has 32 heavy (non-hydrogen) atoms. The summed E-state index contributed by atoms with van der Waals surface area (Å²) in [5.74, 6) is 1.78. The number of aliphatic hydroxyl groups is 1. The summed E-state index contributed by atoms with van der Waals surface area (Å²) in [6.45, 7) is 11.4. The molecule has 6 nitrogen and oxygen atoms in total. The molecule has 4 rings (SSSR count). The third kappa shape index (κ3) is 4.65. The second-order valence-electron chi connectivity index (χ2n) is 9.93. The number of nitrogens with zero attached hydrogens (tertiary/aromatic N) is 3. The molecule has 1 fully saturated rings. The second-order valence-corrected chi connectivity index (χ2v) is 9.93. The molecule has 2 aromatic carbocycles. The molecule has 0 unspecified atom stereocenters. The standard InChI is InChI=1S/C26H33N3O3/c1-17-10-18(2)12-21(11-17)32-16-20(30)15-28-23-9-7-6-8-22(23)27-25(28)19-13-24(31)29(14-19)26(3,4)5/h6-12,19-20,30H,13-16H2,1-5H3/t19-,20-/m1/s1. The van der Waals surface area contributed by atoms with Crippen LogP contribution in [-0.2, 0) is 11.3 Å². The zero-order valence-corrected chi connectivity index (χ0v) is 19.6. The molecular weight excluding hydrogens is 402 g/mol. The van der Waals surface area contributed by atoms with Crippen LogP contribution >= 0.6 is 0 Å². The van der Waals surface area contributed by atoms with Gasteiger partial charge in [0.1, 0.15) is 24.3 Å². The highest BCUT2D eigenvalue weighted by Gasteiger charge is 2.39. The summed E-state index contributed by atoms with van der Waals surface area (Å²) in [6, 6.07) is 14.0. The van der Waals surface area contributed by atoms with Crippen molar-refractivity contribution in [3.8, 4) is 5.75 Å². The number of carbonyl (C=O) groups excluding carboxylic acids is 1.